The minimum Gasteiger partial charge on any atom is -0.357 e. The molecule has 1 aromatic rings. The van der Waals surface area contributed by atoms with Gasteiger partial charge in [-0.25, -0.2) is 9.37 Å². The third kappa shape index (κ3) is 3.66. The summed E-state index contributed by atoms with van der Waals surface area (Å²) in [5, 5.41) is 2.99. The van der Waals surface area contributed by atoms with Gasteiger partial charge in [-0.05, 0) is 31.9 Å². The first kappa shape index (κ1) is 14.3. The molecular formula is C15H24FN3. The summed E-state index contributed by atoms with van der Waals surface area (Å²) in [5.41, 5.74) is 0.683. The van der Waals surface area contributed by atoms with E-state index in [1.54, 1.807) is 12.3 Å². The first-order valence-electron chi connectivity index (χ1n) is 7.21. The van der Waals surface area contributed by atoms with Crippen molar-refractivity contribution in [3.05, 3.63) is 23.6 Å². The molecule has 0 spiro atoms. The molecule has 19 heavy (non-hydrogen) atoms. The SMILES string of the molecule is CNCc1ccnc(N(C)CC2CCCCC2)c1F. The standard InChI is InChI=1S/C15H24FN3/c1-17-10-13-8-9-18-15(14(13)16)19(2)11-12-6-4-3-5-7-12/h8-9,12,17H,3-7,10-11H2,1-2H3. The molecule has 1 fully saturated rings. The summed E-state index contributed by atoms with van der Waals surface area (Å²) in [4.78, 5) is 6.19. The fourth-order valence-electron chi connectivity index (χ4n) is 2.91. The lowest BCUT2D eigenvalue weighted by Crippen LogP contribution is -2.28. The maximum atomic E-state index is 14.3. The van der Waals surface area contributed by atoms with Crippen molar-refractivity contribution in [2.45, 2.75) is 38.6 Å². The maximum Gasteiger partial charge on any atom is 0.170 e. The normalized spacial score (nSPS) is 16.6. The maximum absolute atomic E-state index is 14.3. The molecule has 1 aromatic heterocycles. The average molecular weight is 265 g/mol. The van der Waals surface area contributed by atoms with Crippen LogP contribution < -0.4 is 10.2 Å². The van der Waals surface area contributed by atoms with Crippen LogP contribution in [0.2, 0.25) is 0 Å². The third-order valence-corrected chi connectivity index (χ3v) is 3.94. The van der Waals surface area contributed by atoms with Crippen LogP contribution in [-0.4, -0.2) is 25.6 Å². The van der Waals surface area contributed by atoms with Crippen LogP contribution in [0.1, 0.15) is 37.7 Å². The van der Waals surface area contributed by atoms with Crippen LogP contribution in [0, 0.1) is 11.7 Å². The molecule has 1 aliphatic carbocycles. The van der Waals surface area contributed by atoms with E-state index < -0.39 is 0 Å². The van der Waals surface area contributed by atoms with Gasteiger partial charge in [-0.1, -0.05) is 19.3 Å². The molecule has 0 saturated heterocycles. The Kier molecular flexibility index (Phi) is 5.14. The van der Waals surface area contributed by atoms with Gasteiger partial charge < -0.3 is 10.2 Å². The zero-order chi connectivity index (χ0) is 13.7. The van der Waals surface area contributed by atoms with E-state index in [0.717, 1.165) is 6.54 Å². The van der Waals surface area contributed by atoms with Crippen molar-refractivity contribution in [2.75, 3.05) is 25.5 Å². The van der Waals surface area contributed by atoms with E-state index in [0.29, 0.717) is 23.8 Å². The van der Waals surface area contributed by atoms with Gasteiger partial charge in [0, 0.05) is 31.9 Å². The number of hydrogen-bond donors (Lipinski definition) is 1. The number of aromatic nitrogens is 1. The molecular weight excluding hydrogens is 241 g/mol. The fourth-order valence-corrected chi connectivity index (χ4v) is 2.91. The van der Waals surface area contributed by atoms with Crippen LogP contribution in [-0.2, 0) is 6.54 Å². The summed E-state index contributed by atoms with van der Waals surface area (Å²) in [6.07, 6.45) is 8.21. The minimum atomic E-state index is -0.185. The average Bonchev–Trinajstić information content (AvgIpc) is 2.42. The van der Waals surface area contributed by atoms with E-state index >= 15 is 0 Å². The van der Waals surface area contributed by atoms with E-state index in [4.69, 9.17) is 0 Å². The van der Waals surface area contributed by atoms with Crippen molar-refractivity contribution >= 4 is 5.82 Å². The van der Waals surface area contributed by atoms with Crippen molar-refractivity contribution in [1.82, 2.24) is 10.3 Å². The van der Waals surface area contributed by atoms with Crippen molar-refractivity contribution in [2.24, 2.45) is 5.92 Å². The minimum absolute atomic E-state index is 0.185. The Morgan fingerprint density at radius 1 is 1.37 bits per heavy atom. The van der Waals surface area contributed by atoms with Crippen LogP contribution in [0.3, 0.4) is 0 Å². The van der Waals surface area contributed by atoms with E-state index in [1.165, 1.54) is 32.1 Å². The van der Waals surface area contributed by atoms with Crippen molar-refractivity contribution < 1.29 is 4.39 Å². The van der Waals surface area contributed by atoms with Crippen LogP contribution in [0.5, 0.6) is 0 Å². The Morgan fingerprint density at radius 2 is 2.11 bits per heavy atom. The molecule has 3 nitrogen and oxygen atoms in total. The number of anilines is 1. The molecule has 0 atom stereocenters. The molecule has 0 radical (unpaired) electrons. The first-order chi connectivity index (χ1) is 9.22. The van der Waals surface area contributed by atoms with Gasteiger partial charge in [0.2, 0.25) is 0 Å². The van der Waals surface area contributed by atoms with Gasteiger partial charge in [0.05, 0.1) is 0 Å². The molecule has 1 aliphatic rings. The summed E-state index contributed by atoms with van der Waals surface area (Å²) >= 11 is 0. The highest BCUT2D eigenvalue weighted by Gasteiger charge is 2.19. The monoisotopic (exact) mass is 265 g/mol. The van der Waals surface area contributed by atoms with Gasteiger partial charge in [-0.15, -0.1) is 0 Å². The smallest absolute Gasteiger partial charge is 0.170 e. The highest BCUT2D eigenvalue weighted by molar-refractivity contribution is 5.42. The summed E-state index contributed by atoms with van der Waals surface area (Å²) in [6, 6.07) is 1.74. The second-order valence-electron chi connectivity index (χ2n) is 5.52. The molecule has 1 heterocycles. The predicted octanol–water partition coefficient (Wildman–Crippen LogP) is 2.96. The van der Waals surface area contributed by atoms with Gasteiger partial charge in [0.25, 0.3) is 0 Å². The molecule has 1 N–H and O–H groups in total. The lowest BCUT2D eigenvalue weighted by atomic mass is 9.89. The second-order valence-corrected chi connectivity index (χ2v) is 5.52. The van der Waals surface area contributed by atoms with Gasteiger partial charge in [-0.2, -0.15) is 0 Å². The highest BCUT2D eigenvalue weighted by Crippen LogP contribution is 2.26. The number of halogens is 1. The molecule has 106 valence electrons. The molecule has 0 aromatic carbocycles. The van der Waals surface area contributed by atoms with E-state index in [2.05, 4.69) is 10.3 Å². The van der Waals surface area contributed by atoms with Gasteiger partial charge >= 0.3 is 0 Å². The number of nitrogens with zero attached hydrogens (tertiary/aromatic N) is 2. The zero-order valence-electron chi connectivity index (χ0n) is 12.0. The molecule has 1 saturated carbocycles. The number of pyridine rings is 1. The number of rotatable bonds is 5. The van der Waals surface area contributed by atoms with Gasteiger partial charge in [-0.3, -0.25) is 0 Å². The first-order valence-corrected chi connectivity index (χ1v) is 7.21. The highest BCUT2D eigenvalue weighted by atomic mass is 19.1. The second kappa shape index (κ2) is 6.85. The van der Waals surface area contributed by atoms with Crippen LogP contribution in [0.25, 0.3) is 0 Å². The van der Waals surface area contributed by atoms with E-state index in [9.17, 15) is 4.39 Å². The lowest BCUT2D eigenvalue weighted by molar-refractivity contribution is 0.360. The zero-order valence-corrected chi connectivity index (χ0v) is 12.0. The Labute approximate surface area is 115 Å². The van der Waals surface area contributed by atoms with Crippen LogP contribution in [0.4, 0.5) is 10.2 Å². The van der Waals surface area contributed by atoms with Gasteiger partial charge in [0.1, 0.15) is 0 Å². The lowest BCUT2D eigenvalue weighted by Gasteiger charge is -2.28. The van der Waals surface area contributed by atoms with Crippen molar-refractivity contribution in [3.8, 4) is 0 Å². The Morgan fingerprint density at radius 3 is 2.79 bits per heavy atom. The molecule has 0 amide bonds. The summed E-state index contributed by atoms with van der Waals surface area (Å²) in [6.45, 7) is 1.45. The van der Waals surface area contributed by atoms with Crippen molar-refractivity contribution in [1.29, 1.82) is 0 Å². The Balaban J connectivity index is 2.05. The van der Waals surface area contributed by atoms with Crippen LogP contribution in [0.15, 0.2) is 12.3 Å². The molecule has 0 bridgehead atoms. The van der Waals surface area contributed by atoms with Crippen molar-refractivity contribution in [3.63, 3.8) is 0 Å². The summed E-state index contributed by atoms with van der Waals surface area (Å²) < 4.78 is 14.3. The van der Waals surface area contributed by atoms with Crippen LogP contribution >= 0.6 is 0 Å². The fraction of sp³-hybridized carbons (Fsp3) is 0.667. The predicted molar refractivity (Wildman–Crippen MR) is 76.8 cm³/mol. The largest absolute Gasteiger partial charge is 0.357 e. The Hall–Kier alpha value is -1.16. The summed E-state index contributed by atoms with van der Waals surface area (Å²) in [5.74, 6) is 0.987. The molecule has 4 heteroatoms. The summed E-state index contributed by atoms with van der Waals surface area (Å²) in [7, 11) is 3.77. The van der Waals surface area contributed by atoms with E-state index in [1.807, 2.05) is 19.0 Å². The number of nitrogens with one attached hydrogen (secondary N) is 1. The third-order valence-electron chi connectivity index (χ3n) is 3.94. The topological polar surface area (TPSA) is 28.2 Å². The molecule has 0 aliphatic heterocycles. The molecule has 0 unspecified atom stereocenters. The van der Waals surface area contributed by atoms with E-state index in [-0.39, 0.29) is 5.82 Å². The Bertz CT molecular complexity index is 402. The van der Waals surface area contributed by atoms with Gasteiger partial charge in [0.15, 0.2) is 11.6 Å². The quantitative estimate of drug-likeness (QED) is 0.887. The number of hydrogen-bond acceptors (Lipinski definition) is 3. The molecule has 2 rings (SSSR count).